The van der Waals surface area contributed by atoms with Crippen LogP contribution in [0.4, 0.5) is 0 Å². The standard InChI is InChI=1S/C17H29N3O/c1-5-16(20-11-9-19(3)10-12-20)17(2,18)14-7-6-8-15(13-14)21-4/h6-8,13,16H,5,9-12,18H2,1-4H3. The lowest BCUT2D eigenvalue weighted by atomic mass is 9.82. The van der Waals surface area contributed by atoms with Crippen LogP contribution in [0.1, 0.15) is 25.8 Å². The van der Waals surface area contributed by atoms with E-state index in [0.29, 0.717) is 6.04 Å². The van der Waals surface area contributed by atoms with Crippen LogP contribution in [-0.2, 0) is 5.54 Å². The molecular formula is C17H29N3O. The molecule has 1 saturated heterocycles. The minimum Gasteiger partial charge on any atom is -0.497 e. The van der Waals surface area contributed by atoms with Crippen LogP contribution in [0.3, 0.4) is 0 Å². The quantitative estimate of drug-likeness (QED) is 0.899. The van der Waals surface area contributed by atoms with Gasteiger partial charge in [-0.15, -0.1) is 0 Å². The Kier molecular flexibility index (Phi) is 5.25. The SMILES string of the molecule is CCC(N1CCN(C)CC1)C(C)(N)c1cccc(OC)c1. The smallest absolute Gasteiger partial charge is 0.119 e. The third kappa shape index (κ3) is 3.57. The Labute approximate surface area is 128 Å². The first-order valence-corrected chi connectivity index (χ1v) is 7.85. The molecule has 1 aromatic carbocycles. The molecule has 2 unspecified atom stereocenters. The summed E-state index contributed by atoms with van der Waals surface area (Å²) in [4.78, 5) is 4.92. The third-order valence-corrected chi connectivity index (χ3v) is 4.75. The average Bonchev–Trinajstić information content (AvgIpc) is 2.50. The van der Waals surface area contributed by atoms with Crippen LogP contribution in [-0.4, -0.2) is 56.2 Å². The van der Waals surface area contributed by atoms with Crippen LogP contribution in [0, 0.1) is 0 Å². The van der Waals surface area contributed by atoms with E-state index in [2.05, 4.69) is 42.8 Å². The van der Waals surface area contributed by atoms with E-state index >= 15 is 0 Å². The maximum Gasteiger partial charge on any atom is 0.119 e. The Bertz CT molecular complexity index is 453. The zero-order chi connectivity index (χ0) is 15.5. The van der Waals surface area contributed by atoms with E-state index in [-0.39, 0.29) is 5.54 Å². The molecule has 1 aromatic rings. The molecule has 21 heavy (non-hydrogen) atoms. The molecule has 4 heteroatoms. The van der Waals surface area contributed by atoms with Crippen molar-refractivity contribution in [3.8, 4) is 5.75 Å². The zero-order valence-electron chi connectivity index (χ0n) is 13.8. The number of hydrogen-bond donors (Lipinski definition) is 1. The summed E-state index contributed by atoms with van der Waals surface area (Å²) in [7, 11) is 3.88. The Balaban J connectivity index is 2.21. The molecule has 0 aromatic heterocycles. The number of benzene rings is 1. The summed E-state index contributed by atoms with van der Waals surface area (Å²) in [5.74, 6) is 0.873. The van der Waals surface area contributed by atoms with Crippen LogP contribution in [0.2, 0.25) is 0 Å². The first kappa shape index (κ1) is 16.3. The van der Waals surface area contributed by atoms with Gasteiger partial charge in [0.15, 0.2) is 0 Å². The molecule has 118 valence electrons. The van der Waals surface area contributed by atoms with Crippen LogP contribution >= 0.6 is 0 Å². The highest BCUT2D eigenvalue weighted by Gasteiger charge is 2.36. The molecule has 1 heterocycles. The van der Waals surface area contributed by atoms with Gasteiger partial charge in [-0.25, -0.2) is 0 Å². The minimum absolute atomic E-state index is 0.346. The predicted octanol–water partition coefficient (Wildman–Crippen LogP) is 1.90. The third-order valence-electron chi connectivity index (χ3n) is 4.75. The molecule has 0 aliphatic carbocycles. The Morgan fingerprint density at radius 1 is 1.29 bits per heavy atom. The largest absolute Gasteiger partial charge is 0.497 e. The summed E-state index contributed by atoms with van der Waals surface area (Å²) in [5.41, 5.74) is 7.54. The molecular weight excluding hydrogens is 262 g/mol. The fraction of sp³-hybridized carbons (Fsp3) is 0.647. The highest BCUT2D eigenvalue weighted by atomic mass is 16.5. The van der Waals surface area contributed by atoms with Crippen LogP contribution in [0.15, 0.2) is 24.3 Å². The van der Waals surface area contributed by atoms with E-state index in [1.54, 1.807) is 7.11 Å². The molecule has 2 rings (SSSR count). The Morgan fingerprint density at radius 2 is 1.95 bits per heavy atom. The number of rotatable bonds is 5. The van der Waals surface area contributed by atoms with E-state index in [1.807, 2.05) is 12.1 Å². The van der Waals surface area contributed by atoms with E-state index in [0.717, 1.165) is 43.9 Å². The molecule has 1 fully saturated rings. The summed E-state index contributed by atoms with van der Waals surface area (Å²) in [6, 6.07) is 8.52. The normalized spacial score (nSPS) is 21.8. The van der Waals surface area contributed by atoms with Crippen molar-refractivity contribution in [2.24, 2.45) is 5.73 Å². The number of methoxy groups -OCH3 is 1. The van der Waals surface area contributed by atoms with Crippen molar-refractivity contribution in [3.05, 3.63) is 29.8 Å². The second kappa shape index (κ2) is 6.77. The summed E-state index contributed by atoms with van der Waals surface area (Å²) in [6.45, 7) is 8.79. The Hall–Kier alpha value is -1.10. The lowest BCUT2D eigenvalue weighted by Gasteiger charge is -2.45. The van der Waals surface area contributed by atoms with Crippen molar-refractivity contribution in [3.63, 3.8) is 0 Å². The van der Waals surface area contributed by atoms with Gasteiger partial charge >= 0.3 is 0 Å². The van der Waals surface area contributed by atoms with Crippen molar-refractivity contribution >= 4 is 0 Å². The number of nitrogens with zero attached hydrogens (tertiary/aromatic N) is 2. The fourth-order valence-electron chi connectivity index (χ4n) is 3.35. The molecule has 0 bridgehead atoms. The summed E-state index contributed by atoms with van der Waals surface area (Å²) in [6.07, 6.45) is 1.05. The first-order valence-electron chi connectivity index (χ1n) is 7.85. The number of likely N-dealkylation sites (N-methyl/N-ethyl adjacent to an activating group) is 1. The van der Waals surface area contributed by atoms with E-state index < -0.39 is 0 Å². The van der Waals surface area contributed by atoms with Crippen LogP contribution in [0.5, 0.6) is 5.75 Å². The highest BCUT2D eigenvalue weighted by molar-refractivity contribution is 5.34. The van der Waals surface area contributed by atoms with Crippen LogP contribution < -0.4 is 10.5 Å². The number of nitrogens with two attached hydrogens (primary N) is 1. The fourth-order valence-corrected chi connectivity index (χ4v) is 3.35. The van der Waals surface area contributed by atoms with Gasteiger partial charge in [0.1, 0.15) is 5.75 Å². The first-order chi connectivity index (χ1) is 9.98. The van der Waals surface area contributed by atoms with Crippen LogP contribution in [0.25, 0.3) is 0 Å². The van der Waals surface area contributed by atoms with Gasteiger partial charge in [-0.2, -0.15) is 0 Å². The van der Waals surface area contributed by atoms with E-state index in [9.17, 15) is 0 Å². The lowest BCUT2D eigenvalue weighted by Crippen LogP contribution is -2.58. The topological polar surface area (TPSA) is 41.7 Å². The summed E-state index contributed by atoms with van der Waals surface area (Å²) in [5, 5.41) is 0. The molecule has 1 aliphatic rings. The van der Waals surface area contributed by atoms with Crippen molar-refractivity contribution in [1.82, 2.24) is 9.80 Å². The number of ether oxygens (including phenoxy) is 1. The summed E-state index contributed by atoms with van der Waals surface area (Å²) < 4.78 is 5.35. The molecule has 0 amide bonds. The van der Waals surface area contributed by atoms with Gasteiger partial charge in [0.25, 0.3) is 0 Å². The van der Waals surface area contributed by atoms with Gasteiger partial charge in [-0.3, -0.25) is 4.90 Å². The maximum absolute atomic E-state index is 6.77. The van der Waals surface area contributed by atoms with Gasteiger partial charge < -0.3 is 15.4 Å². The van der Waals surface area contributed by atoms with E-state index in [4.69, 9.17) is 10.5 Å². The Morgan fingerprint density at radius 3 is 2.52 bits per heavy atom. The molecule has 4 nitrogen and oxygen atoms in total. The highest BCUT2D eigenvalue weighted by Crippen LogP contribution is 2.30. The molecule has 2 N–H and O–H groups in total. The molecule has 0 radical (unpaired) electrons. The summed E-state index contributed by atoms with van der Waals surface area (Å²) >= 11 is 0. The molecule has 2 atom stereocenters. The zero-order valence-corrected chi connectivity index (χ0v) is 13.8. The van der Waals surface area contributed by atoms with Gasteiger partial charge in [0.05, 0.1) is 12.6 Å². The molecule has 0 spiro atoms. The van der Waals surface area contributed by atoms with Crippen molar-refractivity contribution in [2.75, 3.05) is 40.3 Å². The average molecular weight is 291 g/mol. The van der Waals surface area contributed by atoms with Crippen molar-refractivity contribution in [2.45, 2.75) is 31.8 Å². The maximum atomic E-state index is 6.77. The number of hydrogen-bond acceptors (Lipinski definition) is 4. The van der Waals surface area contributed by atoms with Gasteiger partial charge in [0, 0.05) is 32.2 Å². The second-order valence-corrected chi connectivity index (χ2v) is 6.28. The van der Waals surface area contributed by atoms with Crippen molar-refractivity contribution < 1.29 is 4.74 Å². The number of piperazine rings is 1. The minimum atomic E-state index is -0.376. The van der Waals surface area contributed by atoms with Gasteiger partial charge in [-0.05, 0) is 38.1 Å². The lowest BCUT2D eigenvalue weighted by molar-refractivity contribution is 0.0692. The van der Waals surface area contributed by atoms with Gasteiger partial charge in [-0.1, -0.05) is 19.1 Å². The second-order valence-electron chi connectivity index (χ2n) is 6.28. The molecule has 1 aliphatic heterocycles. The predicted molar refractivity (Wildman–Crippen MR) is 87.7 cm³/mol. The van der Waals surface area contributed by atoms with Crippen molar-refractivity contribution in [1.29, 1.82) is 0 Å². The monoisotopic (exact) mass is 291 g/mol. The molecule has 0 saturated carbocycles. The van der Waals surface area contributed by atoms with Gasteiger partial charge in [0.2, 0.25) is 0 Å². The van der Waals surface area contributed by atoms with E-state index in [1.165, 1.54) is 0 Å².